The van der Waals surface area contributed by atoms with Gasteiger partial charge in [-0.1, -0.05) is 13.3 Å². The second-order valence-corrected chi connectivity index (χ2v) is 2.87. The number of hydrazine groups is 1. The van der Waals surface area contributed by atoms with Crippen LogP contribution >= 0.6 is 0 Å². The molecule has 72 valence electrons. The first-order valence-electron chi connectivity index (χ1n) is 4.23. The summed E-state index contributed by atoms with van der Waals surface area (Å²) in [5, 5.41) is 4.17. The maximum absolute atomic E-state index is 11.2. The molecule has 0 unspecified atom stereocenters. The molecule has 1 aromatic rings. The van der Waals surface area contributed by atoms with Crippen LogP contribution in [0.3, 0.4) is 0 Å². The molecule has 0 aliphatic rings. The van der Waals surface area contributed by atoms with Gasteiger partial charge in [0.15, 0.2) is 0 Å². The van der Waals surface area contributed by atoms with Gasteiger partial charge >= 0.3 is 0 Å². The van der Waals surface area contributed by atoms with E-state index in [2.05, 4.69) is 17.4 Å². The van der Waals surface area contributed by atoms with Gasteiger partial charge < -0.3 is 0 Å². The molecule has 5 heteroatoms. The third-order valence-electron chi connectivity index (χ3n) is 1.80. The van der Waals surface area contributed by atoms with Crippen molar-refractivity contribution in [3.63, 3.8) is 0 Å². The largest absolute Gasteiger partial charge is 0.289 e. The molecule has 1 rings (SSSR count). The van der Waals surface area contributed by atoms with Crippen LogP contribution in [0, 0.1) is 0 Å². The predicted octanol–water partition coefficient (Wildman–Crippen LogP) is -0.0239. The van der Waals surface area contributed by atoms with Crippen molar-refractivity contribution >= 4 is 5.91 Å². The summed E-state index contributed by atoms with van der Waals surface area (Å²) in [5.41, 5.74) is 3.49. The summed E-state index contributed by atoms with van der Waals surface area (Å²) in [6.45, 7) is 2.07. The Labute approximate surface area is 76.9 Å². The topological polar surface area (TPSA) is 72.9 Å². The van der Waals surface area contributed by atoms with Gasteiger partial charge in [0.25, 0.3) is 5.91 Å². The van der Waals surface area contributed by atoms with Crippen LogP contribution in [0.15, 0.2) is 6.07 Å². The maximum Gasteiger partial charge on any atom is 0.283 e. The van der Waals surface area contributed by atoms with E-state index >= 15 is 0 Å². The fraction of sp³-hybridized carbons (Fsp3) is 0.500. The molecule has 1 amide bonds. The van der Waals surface area contributed by atoms with Crippen LogP contribution in [0.5, 0.6) is 0 Å². The number of amides is 1. The van der Waals surface area contributed by atoms with Crippen molar-refractivity contribution < 1.29 is 4.79 Å². The molecular weight excluding hydrogens is 168 g/mol. The number of aryl methyl sites for hydroxylation is 2. The second-order valence-electron chi connectivity index (χ2n) is 2.87. The number of nitrogens with two attached hydrogens (primary N) is 1. The van der Waals surface area contributed by atoms with Gasteiger partial charge in [-0.15, -0.1) is 0 Å². The molecule has 1 heterocycles. The van der Waals surface area contributed by atoms with Gasteiger partial charge in [0.05, 0.1) is 5.69 Å². The second kappa shape index (κ2) is 4.04. The van der Waals surface area contributed by atoms with Gasteiger partial charge in [-0.05, 0) is 12.5 Å². The Morgan fingerprint density at radius 3 is 3.00 bits per heavy atom. The summed E-state index contributed by atoms with van der Waals surface area (Å²) in [6.07, 6.45) is 1.90. The number of rotatable bonds is 3. The molecule has 3 N–H and O–H groups in total. The van der Waals surface area contributed by atoms with E-state index in [0.29, 0.717) is 5.69 Å². The molecule has 0 atom stereocenters. The number of carbonyl (C=O) groups excluding carboxylic acids is 1. The van der Waals surface area contributed by atoms with E-state index in [0.717, 1.165) is 18.5 Å². The molecule has 0 fully saturated rings. The van der Waals surface area contributed by atoms with Crippen molar-refractivity contribution in [3.8, 4) is 0 Å². The molecule has 0 aromatic carbocycles. The zero-order valence-electron chi connectivity index (χ0n) is 7.87. The van der Waals surface area contributed by atoms with Crippen molar-refractivity contribution in [1.82, 2.24) is 15.2 Å². The Kier molecular flexibility index (Phi) is 3.02. The standard InChI is InChI=1S/C8H14N4O/c1-3-4-6-5-7(8(13)10-9)12(2)11-6/h5H,3-4,9H2,1-2H3,(H,10,13). The molecule has 0 aliphatic heterocycles. The third-order valence-corrected chi connectivity index (χ3v) is 1.80. The summed E-state index contributed by atoms with van der Waals surface area (Å²) >= 11 is 0. The quantitative estimate of drug-likeness (QED) is 0.392. The summed E-state index contributed by atoms with van der Waals surface area (Å²) in [6, 6.07) is 1.76. The van der Waals surface area contributed by atoms with Crippen LogP contribution in [0.4, 0.5) is 0 Å². The van der Waals surface area contributed by atoms with E-state index in [4.69, 9.17) is 5.84 Å². The number of aromatic nitrogens is 2. The minimum atomic E-state index is -0.308. The van der Waals surface area contributed by atoms with Gasteiger partial charge in [0.1, 0.15) is 5.69 Å². The van der Waals surface area contributed by atoms with E-state index in [9.17, 15) is 4.79 Å². The van der Waals surface area contributed by atoms with Crippen LogP contribution in [-0.4, -0.2) is 15.7 Å². The van der Waals surface area contributed by atoms with Gasteiger partial charge in [-0.3, -0.25) is 14.9 Å². The fourth-order valence-corrected chi connectivity index (χ4v) is 1.19. The van der Waals surface area contributed by atoms with E-state index in [1.54, 1.807) is 13.1 Å². The highest BCUT2D eigenvalue weighted by Crippen LogP contribution is 2.04. The van der Waals surface area contributed by atoms with Crippen LogP contribution in [0.2, 0.25) is 0 Å². The summed E-state index contributed by atoms with van der Waals surface area (Å²) < 4.78 is 1.53. The van der Waals surface area contributed by atoms with Gasteiger partial charge in [0, 0.05) is 7.05 Å². The maximum atomic E-state index is 11.2. The van der Waals surface area contributed by atoms with Gasteiger partial charge in [-0.25, -0.2) is 5.84 Å². The van der Waals surface area contributed by atoms with Crippen molar-refractivity contribution in [2.24, 2.45) is 12.9 Å². The third kappa shape index (κ3) is 2.06. The lowest BCUT2D eigenvalue weighted by atomic mass is 10.2. The Hall–Kier alpha value is -1.36. The SMILES string of the molecule is CCCc1cc(C(=O)NN)n(C)n1. The van der Waals surface area contributed by atoms with Gasteiger partial charge in [0.2, 0.25) is 0 Å². The van der Waals surface area contributed by atoms with Crippen LogP contribution in [0.1, 0.15) is 29.5 Å². The number of nitrogens with one attached hydrogen (secondary N) is 1. The molecule has 0 aliphatic carbocycles. The summed E-state index contributed by atoms with van der Waals surface area (Å²) in [5.74, 6) is 4.71. The van der Waals surface area contributed by atoms with Crippen molar-refractivity contribution in [3.05, 3.63) is 17.5 Å². The first-order valence-corrected chi connectivity index (χ1v) is 4.23. The minimum Gasteiger partial charge on any atom is -0.289 e. The molecule has 0 spiro atoms. The first kappa shape index (κ1) is 9.73. The molecule has 13 heavy (non-hydrogen) atoms. The fourth-order valence-electron chi connectivity index (χ4n) is 1.19. The number of nitrogen functional groups attached to an aromatic ring is 1. The minimum absolute atomic E-state index is 0.308. The van der Waals surface area contributed by atoms with Crippen molar-refractivity contribution in [2.75, 3.05) is 0 Å². The Morgan fingerprint density at radius 1 is 1.77 bits per heavy atom. The number of nitrogens with zero attached hydrogens (tertiary/aromatic N) is 2. The molecule has 0 radical (unpaired) electrons. The monoisotopic (exact) mass is 182 g/mol. The van der Waals surface area contributed by atoms with Crippen LogP contribution < -0.4 is 11.3 Å². The highest BCUT2D eigenvalue weighted by molar-refractivity contribution is 5.92. The summed E-state index contributed by atoms with van der Waals surface area (Å²) in [4.78, 5) is 11.2. The average Bonchev–Trinajstić information content (AvgIpc) is 2.46. The number of carbonyl (C=O) groups is 1. The Balaban J connectivity index is 2.89. The lowest BCUT2D eigenvalue weighted by molar-refractivity contribution is 0.0944. The van der Waals surface area contributed by atoms with E-state index in [1.165, 1.54) is 4.68 Å². The highest BCUT2D eigenvalue weighted by atomic mass is 16.2. The number of hydrogen-bond donors (Lipinski definition) is 2. The molecule has 0 bridgehead atoms. The zero-order valence-corrected chi connectivity index (χ0v) is 7.87. The molecule has 1 aromatic heterocycles. The Bertz CT molecular complexity index is 305. The molecular formula is C8H14N4O. The number of hydrogen-bond acceptors (Lipinski definition) is 3. The highest BCUT2D eigenvalue weighted by Gasteiger charge is 2.10. The van der Waals surface area contributed by atoms with Crippen molar-refractivity contribution in [2.45, 2.75) is 19.8 Å². The lowest BCUT2D eigenvalue weighted by Crippen LogP contribution is -2.31. The summed E-state index contributed by atoms with van der Waals surface area (Å²) in [7, 11) is 1.73. The smallest absolute Gasteiger partial charge is 0.283 e. The normalized spacial score (nSPS) is 10.1. The van der Waals surface area contributed by atoms with Crippen LogP contribution in [-0.2, 0) is 13.5 Å². The van der Waals surface area contributed by atoms with Crippen molar-refractivity contribution in [1.29, 1.82) is 0 Å². The Morgan fingerprint density at radius 2 is 2.46 bits per heavy atom. The first-order chi connectivity index (χ1) is 6.19. The molecule has 5 nitrogen and oxygen atoms in total. The molecule has 0 saturated carbocycles. The lowest BCUT2D eigenvalue weighted by Gasteiger charge is -1.97. The van der Waals surface area contributed by atoms with Crippen LogP contribution in [0.25, 0.3) is 0 Å². The predicted molar refractivity (Wildman–Crippen MR) is 48.9 cm³/mol. The van der Waals surface area contributed by atoms with E-state index in [1.807, 2.05) is 0 Å². The van der Waals surface area contributed by atoms with E-state index < -0.39 is 0 Å². The van der Waals surface area contributed by atoms with E-state index in [-0.39, 0.29) is 5.91 Å². The zero-order chi connectivity index (χ0) is 9.84. The van der Waals surface area contributed by atoms with Gasteiger partial charge in [-0.2, -0.15) is 5.10 Å². The molecule has 0 saturated heterocycles. The average molecular weight is 182 g/mol.